The molecule has 0 radical (unpaired) electrons. The Morgan fingerprint density at radius 2 is 2.00 bits per heavy atom. The Bertz CT molecular complexity index is 660. The van der Waals surface area contributed by atoms with Crippen molar-refractivity contribution in [3.8, 4) is 0 Å². The minimum Gasteiger partial charge on any atom is -0.443 e. The third kappa shape index (κ3) is 1.33. The lowest BCUT2D eigenvalue weighted by molar-refractivity contribution is 0.587. The predicted molar refractivity (Wildman–Crippen MR) is 65.9 cm³/mol. The summed E-state index contributed by atoms with van der Waals surface area (Å²) in [6.45, 7) is 6.51. The van der Waals surface area contributed by atoms with Crippen molar-refractivity contribution in [2.45, 2.75) is 26.2 Å². The molecule has 3 nitrogen and oxygen atoms in total. The molecule has 0 fully saturated rings. The van der Waals surface area contributed by atoms with Crippen LogP contribution in [-0.2, 0) is 5.41 Å². The first kappa shape index (κ1) is 9.78. The number of rotatable bonds is 0. The molecule has 0 saturated heterocycles. The number of hydrogen-bond donors (Lipinski definition) is 0. The van der Waals surface area contributed by atoms with Crippen LogP contribution in [0.15, 0.2) is 22.9 Å². The van der Waals surface area contributed by atoms with Gasteiger partial charge in [-0.05, 0) is 12.1 Å². The maximum absolute atomic E-state index is 5.27. The van der Waals surface area contributed by atoms with Gasteiger partial charge in [0, 0.05) is 5.41 Å². The van der Waals surface area contributed by atoms with E-state index in [1.807, 2.05) is 6.07 Å². The van der Waals surface area contributed by atoms with Crippen molar-refractivity contribution in [1.82, 2.24) is 9.97 Å². The lowest BCUT2D eigenvalue weighted by Gasteiger charge is -2.13. The molecular weight excluding hydrogens is 220 g/mol. The molecule has 82 valence electrons. The first-order valence-electron chi connectivity index (χ1n) is 5.19. The average molecular weight is 232 g/mol. The molecule has 0 N–H and O–H groups in total. The summed E-state index contributed by atoms with van der Waals surface area (Å²) >= 11 is 1.73. The molecule has 0 aliphatic rings. The second kappa shape index (κ2) is 3.04. The van der Waals surface area contributed by atoms with Gasteiger partial charge in [0.2, 0.25) is 0 Å². The number of nitrogens with zero attached hydrogens (tertiary/aromatic N) is 2. The Morgan fingerprint density at radius 3 is 2.75 bits per heavy atom. The lowest BCUT2D eigenvalue weighted by atomic mass is 9.98. The largest absolute Gasteiger partial charge is 0.443 e. The standard InChI is InChI=1S/C12H12N2OS/c1-12(2,3)11-14-10-8(16-11)5-4-7-9(10)13-6-15-7/h4-6H,1-3H3. The number of oxazole rings is 1. The van der Waals surface area contributed by atoms with Crippen LogP contribution in [0.25, 0.3) is 21.3 Å². The number of aromatic nitrogens is 2. The summed E-state index contributed by atoms with van der Waals surface area (Å²) in [5.74, 6) is 0. The normalized spacial score (nSPS) is 12.7. The first-order valence-corrected chi connectivity index (χ1v) is 6.00. The lowest BCUT2D eigenvalue weighted by Crippen LogP contribution is -2.09. The van der Waals surface area contributed by atoms with Crippen LogP contribution in [0.3, 0.4) is 0 Å². The van der Waals surface area contributed by atoms with Crippen molar-refractivity contribution < 1.29 is 4.42 Å². The van der Waals surface area contributed by atoms with Gasteiger partial charge in [-0.2, -0.15) is 0 Å². The quantitative estimate of drug-likeness (QED) is 0.592. The summed E-state index contributed by atoms with van der Waals surface area (Å²) in [5, 5.41) is 1.14. The minimum atomic E-state index is 0.0831. The molecule has 4 heteroatoms. The molecule has 0 bridgehead atoms. The Hall–Kier alpha value is -1.42. The zero-order chi connectivity index (χ0) is 11.3. The number of benzene rings is 1. The number of thiazole rings is 1. The van der Waals surface area contributed by atoms with Gasteiger partial charge in [0.25, 0.3) is 0 Å². The summed E-state index contributed by atoms with van der Waals surface area (Å²) < 4.78 is 6.45. The van der Waals surface area contributed by atoms with Gasteiger partial charge in [-0.25, -0.2) is 9.97 Å². The average Bonchev–Trinajstić information content (AvgIpc) is 2.81. The van der Waals surface area contributed by atoms with Crippen molar-refractivity contribution in [2.24, 2.45) is 0 Å². The van der Waals surface area contributed by atoms with E-state index < -0.39 is 0 Å². The summed E-state index contributed by atoms with van der Waals surface area (Å²) in [6, 6.07) is 4.00. The maximum Gasteiger partial charge on any atom is 0.182 e. The van der Waals surface area contributed by atoms with Crippen LogP contribution in [0.2, 0.25) is 0 Å². The van der Waals surface area contributed by atoms with Crippen molar-refractivity contribution >= 4 is 32.7 Å². The fourth-order valence-corrected chi connectivity index (χ4v) is 2.66. The number of fused-ring (bicyclic) bond motifs is 3. The molecular formula is C12H12N2OS. The van der Waals surface area contributed by atoms with E-state index in [9.17, 15) is 0 Å². The molecule has 0 amide bonds. The van der Waals surface area contributed by atoms with E-state index in [1.165, 1.54) is 11.1 Å². The second-order valence-electron chi connectivity index (χ2n) is 4.88. The Morgan fingerprint density at radius 1 is 1.19 bits per heavy atom. The smallest absolute Gasteiger partial charge is 0.182 e. The highest BCUT2D eigenvalue weighted by atomic mass is 32.1. The zero-order valence-corrected chi connectivity index (χ0v) is 10.3. The van der Waals surface area contributed by atoms with Crippen LogP contribution in [0, 0.1) is 0 Å². The Labute approximate surface area is 97.1 Å². The van der Waals surface area contributed by atoms with Crippen LogP contribution >= 0.6 is 11.3 Å². The van der Waals surface area contributed by atoms with Crippen molar-refractivity contribution in [1.29, 1.82) is 0 Å². The second-order valence-corrected chi connectivity index (χ2v) is 5.91. The molecule has 1 aromatic carbocycles. The van der Waals surface area contributed by atoms with E-state index in [1.54, 1.807) is 11.3 Å². The van der Waals surface area contributed by atoms with Gasteiger partial charge >= 0.3 is 0 Å². The molecule has 0 aliphatic carbocycles. The Kier molecular flexibility index (Phi) is 1.86. The fourth-order valence-electron chi connectivity index (χ4n) is 1.64. The van der Waals surface area contributed by atoms with Crippen molar-refractivity contribution in [2.75, 3.05) is 0 Å². The highest BCUT2D eigenvalue weighted by molar-refractivity contribution is 7.18. The van der Waals surface area contributed by atoms with Gasteiger partial charge in [0.1, 0.15) is 11.0 Å². The molecule has 0 aliphatic heterocycles. The topological polar surface area (TPSA) is 38.9 Å². The third-order valence-electron chi connectivity index (χ3n) is 2.50. The SMILES string of the molecule is CC(C)(C)c1nc2c(ccc3ocnc32)s1. The van der Waals surface area contributed by atoms with E-state index in [0.717, 1.165) is 21.6 Å². The van der Waals surface area contributed by atoms with Crippen LogP contribution in [0.5, 0.6) is 0 Å². The molecule has 2 aromatic heterocycles. The number of hydrogen-bond acceptors (Lipinski definition) is 4. The maximum atomic E-state index is 5.27. The molecule has 3 aromatic rings. The summed E-state index contributed by atoms with van der Waals surface area (Å²) in [4.78, 5) is 8.90. The molecule has 2 heterocycles. The predicted octanol–water partition coefficient (Wildman–Crippen LogP) is 3.74. The van der Waals surface area contributed by atoms with E-state index in [-0.39, 0.29) is 5.41 Å². The molecule has 16 heavy (non-hydrogen) atoms. The van der Waals surface area contributed by atoms with Gasteiger partial charge < -0.3 is 4.42 Å². The summed E-state index contributed by atoms with van der Waals surface area (Å²) in [7, 11) is 0. The van der Waals surface area contributed by atoms with Crippen LogP contribution in [0.4, 0.5) is 0 Å². The van der Waals surface area contributed by atoms with Gasteiger partial charge in [0.15, 0.2) is 12.0 Å². The van der Waals surface area contributed by atoms with Gasteiger partial charge in [-0.3, -0.25) is 0 Å². The molecule has 3 rings (SSSR count). The molecule has 0 saturated carbocycles. The van der Waals surface area contributed by atoms with E-state index >= 15 is 0 Å². The molecule has 0 unspecified atom stereocenters. The van der Waals surface area contributed by atoms with Gasteiger partial charge in [-0.15, -0.1) is 11.3 Å². The van der Waals surface area contributed by atoms with Crippen LogP contribution in [0.1, 0.15) is 25.8 Å². The Balaban J connectivity index is 2.39. The summed E-state index contributed by atoms with van der Waals surface area (Å²) in [6.07, 6.45) is 1.47. The zero-order valence-electron chi connectivity index (χ0n) is 9.44. The first-order chi connectivity index (χ1) is 7.55. The van der Waals surface area contributed by atoms with Crippen LogP contribution < -0.4 is 0 Å². The highest BCUT2D eigenvalue weighted by Crippen LogP contribution is 2.33. The van der Waals surface area contributed by atoms with Gasteiger partial charge in [-0.1, -0.05) is 20.8 Å². The van der Waals surface area contributed by atoms with Crippen molar-refractivity contribution in [3.05, 3.63) is 23.5 Å². The molecule has 0 atom stereocenters. The van der Waals surface area contributed by atoms with E-state index in [4.69, 9.17) is 4.42 Å². The van der Waals surface area contributed by atoms with Crippen molar-refractivity contribution in [3.63, 3.8) is 0 Å². The monoisotopic (exact) mass is 232 g/mol. The molecule has 0 spiro atoms. The van der Waals surface area contributed by atoms with Gasteiger partial charge in [0.05, 0.1) is 9.71 Å². The summed E-state index contributed by atoms with van der Waals surface area (Å²) in [5.41, 5.74) is 2.71. The fraction of sp³-hybridized carbons (Fsp3) is 0.333. The van der Waals surface area contributed by atoms with Crippen LogP contribution in [-0.4, -0.2) is 9.97 Å². The van der Waals surface area contributed by atoms with E-state index in [2.05, 4.69) is 36.8 Å². The third-order valence-corrected chi connectivity index (χ3v) is 3.95. The highest BCUT2D eigenvalue weighted by Gasteiger charge is 2.20. The van der Waals surface area contributed by atoms with E-state index in [0.29, 0.717) is 0 Å². The minimum absolute atomic E-state index is 0.0831.